The lowest BCUT2D eigenvalue weighted by Gasteiger charge is -2.21. The van der Waals surface area contributed by atoms with E-state index < -0.39 is 0 Å². The van der Waals surface area contributed by atoms with Gasteiger partial charge in [-0.1, -0.05) is 32.1 Å². The van der Waals surface area contributed by atoms with Crippen molar-refractivity contribution in [3.63, 3.8) is 0 Å². The molecule has 2 N–H and O–H groups in total. The largest absolute Gasteiger partial charge is 0.381 e. The van der Waals surface area contributed by atoms with E-state index >= 15 is 0 Å². The average Bonchev–Trinajstić information content (AvgIpc) is 3.30. The number of amides is 2. The number of nitrogens with one attached hydrogen (secondary N) is 2. The van der Waals surface area contributed by atoms with Gasteiger partial charge >= 0.3 is 6.03 Å². The molecule has 0 aromatic carbocycles. The van der Waals surface area contributed by atoms with E-state index in [9.17, 15) is 4.79 Å². The van der Waals surface area contributed by atoms with Crippen LogP contribution >= 0.6 is 0 Å². The van der Waals surface area contributed by atoms with Crippen molar-refractivity contribution in [3.8, 4) is 0 Å². The van der Waals surface area contributed by atoms with Crippen molar-refractivity contribution in [1.29, 1.82) is 0 Å². The Balaban J connectivity index is 1.31. The van der Waals surface area contributed by atoms with Crippen LogP contribution in [0.3, 0.4) is 0 Å². The van der Waals surface area contributed by atoms with E-state index in [1.807, 2.05) is 0 Å². The molecule has 1 heterocycles. The first-order valence-corrected chi connectivity index (χ1v) is 8.95. The fourth-order valence-electron chi connectivity index (χ4n) is 4.15. The fraction of sp³-hybridized carbons (Fsp3) is 0.941. The number of hydrogen-bond acceptors (Lipinski definition) is 2. The van der Waals surface area contributed by atoms with Gasteiger partial charge in [-0.2, -0.15) is 0 Å². The standard InChI is InChI=1S/C17H30N2O2/c20-17(19-15-7-4-9-21-10-8-15)18-12-14-11-16(14)13-5-2-1-3-6-13/h13-16H,1-12H2,(H2,18,19,20)/t14-,15?,16-/m0/s1. The molecule has 2 amide bonds. The summed E-state index contributed by atoms with van der Waals surface area (Å²) >= 11 is 0. The number of carbonyl (C=O) groups is 1. The summed E-state index contributed by atoms with van der Waals surface area (Å²) in [4.78, 5) is 12.0. The number of hydrogen-bond donors (Lipinski definition) is 2. The van der Waals surface area contributed by atoms with Crippen molar-refractivity contribution >= 4 is 6.03 Å². The van der Waals surface area contributed by atoms with Crippen LogP contribution in [0.25, 0.3) is 0 Å². The number of rotatable bonds is 4. The molecule has 2 saturated carbocycles. The smallest absolute Gasteiger partial charge is 0.315 e. The van der Waals surface area contributed by atoms with Gasteiger partial charge in [-0.3, -0.25) is 0 Å². The minimum atomic E-state index is 0.0243. The highest BCUT2D eigenvalue weighted by Crippen LogP contribution is 2.48. The molecular formula is C17H30N2O2. The minimum absolute atomic E-state index is 0.0243. The third kappa shape index (κ3) is 4.60. The maximum atomic E-state index is 12.0. The van der Waals surface area contributed by atoms with Crippen LogP contribution in [0.2, 0.25) is 0 Å². The summed E-state index contributed by atoms with van der Waals surface area (Å²) in [7, 11) is 0. The van der Waals surface area contributed by atoms with E-state index in [1.165, 1.54) is 38.5 Å². The van der Waals surface area contributed by atoms with E-state index in [0.29, 0.717) is 6.04 Å². The molecule has 3 rings (SSSR count). The molecule has 0 radical (unpaired) electrons. The van der Waals surface area contributed by atoms with Crippen LogP contribution in [0.4, 0.5) is 4.79 Å². The van der Waals surface area contributed by atoms with Gasteiger partial charge in [0.15, 0.2) is 0 Å². The minimum Gasteiger partial charge on any atom is -0.381 e. The molecule has 1 aliphatic heterocycles. The highest BCUT2D eigenvalue weighted by atomic mass is 16.5. The second-order valence-electron chi connectivity index (χ2n) is 7.15. The van der Waals surface area contributed by atoms with E-state index in [-0.39, 0.29) is 6.03 Å². The molecule has 3 aliphatic rings. The van der Waals surface area contributed by atoms with Gasteiger partial charge in [0, 0.05) is 25.8 Å². The van der Waals surface area contributed by atoms with Gasteiger partial charge in [0.25, 0.3) is 0 Å². The van der Waals surface area contributed by atoms with Crippen molar-refractivity contribution in [2.45, 2.75) is 63.8 Å². The Morgan fingerprint density at radius 3 is 2.71 bits per heavy atom. The molecule has 0 spiro atoms. The summed E-state index contributed by atoms with van der Waals surface area (Å²) in [5, 5.41) is 6.20. The summed E-state index contributed by atoms with van der Waals surface area (Å²) in [6.45, 7) is 2.48. The van der Waals surface area contributed by atoms with Gasteiger partial charge in [-0.15, -0.1) is 0 Å². The second kappa shape index (κ2) is 7.48. The average molecular weight is 294 g/mol. The van der Waals surface area contributed by atoms with Crippen LogP contribution in [0.1, 0.15) is 57.8 Å². The zero-order chi connectivity index (χ0) is 14.5. The second-order valence-corrected chi connectivity index (χ2v) is 7.15. The summed E-state index contributed by atoms with van der Waals surface area (Å²) in [6.07, 6.45) is 11.5. The predicted molar refractivity (Wildman–Crippen MR) is 83.2 cm³/mol. The van der Waals surface area contributed by atoms with E-state index in [2.05, 4.69) is 10.6 Å². The van der Waals surface area contributed by atoms with Crippen LogP contribution in [0.15, 0.2) is 0 Å². The first-order chi connectivity index (χ1) is 10.3. The quantitative estimate of drug-likeness (QED) is 0.837. The SMILES string of the molecule is O=C(NC[C@@H]1C[C@H]1C1CCCCC1)NC1CCCOCC1. The first kappa shape index (κ1) is 15.1. The zero-order valence-corrected chi connectivity index (χ0v) is 13.1. The summed E-state index contributed by atoms with van der Waals surface area (Å²) < 4.78 is 5.42. The summed E-state index contributed by atoms with van der Waals surface area (Å²) in [6, 6.07) is 0.317. The van der Waals surface area contributed by atoms with Gasteiger partial charge in [-0.05, 0) is 43.4 Å². The Morgan fingerprint density at radius 1 is 1.00 bits per heavy atom. The lowest BCUT2D eigenvalue weighted by Crippen LogP contribution is -2.43. The van der Waals surface area contributed by atoms with E-state index in [4.69, 9.17) is 4.74 Å². The van der Waals surface area contributed by atoms with Crippen LogP contribution in [0.5, 0.6) is 0 Å². The monoisotopic (exact) mass is 294 g/mol. The van der Waals surface area contributed by atoms with Gasteiger partial charge in [-0.25, -0.2) is 4.79 Å². The normalized spacial score (nSPS) is 34.0. The molecule has 0 aromatic heterocycles. The van der Waals surface area contributed by atoms with Gasteiger partial charge in [0.05, 0.1) is 0 Å². The lowest BCUT2D eigenvalue weighted by atomic mass is 9.85. The predicted octanol–water partition coefficient (Wildman–Crippen LogP) is 3.07. The Morgan fingerprint density at radius 2 is 1.86 bits per heavy atom. The molecule has 0 aromatic rings. The maximum absolute atomic E-state index is 12.0. The van der Waals surface area contributed by atoms with Crippen molar-refractivity contribution in [1.82, 2.24) is 10.6 Å². The molecule has 21 heavy (non-hydrogen) atoms. The highest BCUT2D eigenvalue weighted by molar-refractivity contribution is 5.74. The molecule has 1 unspecified atom stereocenters. The Kier molecular flexibility index (Phi) is 5.39. The number of urea groups is 1. The molecule has 3 fully saturated rings. The van der Waals surface area contributed by atoms with Crippen LogP contribution in [0, 0.1) is 17.8 Å². The van der Waals surface area contributed by atoms with Crippen molar-refractivity contribution < 1.29 is 9.53 Å². The van der Waals surface area contributed by atoms with Crippen LogP contribution in [-0.4, -0.2) is 31.8 Å². The molecule has 2 aliphatic carbocycles. The third-order valence-corrected chi connectivity index (χ3v) is 5.54. The van der Waals surface area contributed by atoms with Gasteiger partial charge < -0.3 is 15.4 Å². The third-order valence-electron chi connectivity index (χ3n) is 5.54. The van der Waals surface area contributed by atoms with Gasteiger partial charge in [0.2, 0.25) is 0 Å². The lowest BCUT2D eigenvalue weighted by molar-refractivity contribution is 0.143. The van der Waals surface area contributed by atoms with Gasteiger partial charge in [0.1, 0.15) is 0 Å². The van der Waals surface area contributed by atoms with Crippen LogP contribution in [-0.2, 0) is 4.74 Å². The molecule has 1 saturated heterocycles. The van der Waals surface area contributed by atoms with E-state index in [0.717, 1.165) is 56.8 Å². The topological polar surface area (TPSA) is 50.4 Å². The Bertz CT molecular complexity index is 334. The highest BCUT2D eigenvalue weighted by Gasteiger charge is 2.42. The molecule has 120 valence electrons. The zero-order valence-electron chi connectivity index (χ0n) is 13.1. The molecule has 0 bridgehead atoms. The Labute approximate surface area is 128 Å². The molecule has 3 atom stereocenters. The molecule has 4 nitrogen and oxygen atoms in total. The number of ether oxygens (including phenoxy) is 1. The van der Waals surface area contributed by atoms with E-state index in [1.54, 1.807) is 0 Å². The molecular weight excluding hydrogens is 264 g/mol. The number of carbonyl (C=O) groups excluding carboxylic acids is 1. The van der Waals surface area contributed by atoms with Crippen molar-refractivity contribution in [2.75, 3.05) is 19.8 Å². The van der Waals surface area contributed by atoms with Crippen LogP contribution < -0.4 is 10.6 Å². The molecule has 4 heteroatoms. The van der Waals surface area contributed by atoms with Crippen molar-refractivity contribution in [2.24, 2.45) is 17.8 Å². The first-order valence-electron chi connectivity index (χ1n) is 8.95. The van der Waals surface area contributed by atoms with Crippen molar-refractivity contribution in [3.05, 3.63) is 0 Å². The summed E-state index contributed by atoms with van der Waals surface area (Å²) in [5.41, 5.74) is 0. The Hall–Kier alpha value is -0.770. The maximum Gasteiger partial charge on any atom is 0.315 e. The fourth-order valence-corrected chi connectivity index (χ4v) is 4.15. The summed E-state index contributed by atoms with van der Waals surface area (Å²) in [5.74, 6) is 2.60.